The lowest BCUT2D eigenvalue weighted by Crippen LogP contribution is -2.24. The first-order chi connectivity index (χ1) is 10.1. The molecule has 1 aromatic rings. The summed E-state index contributed by atoms with van der Waals surface area (Å²) in [7, 11) is 5.44. The number of rotatable bonds is 4. The van der Waals surface area contributed by atoms with E-state index in [1.54, 1.807) is 12.1 Å². The Kier molecular flexibility index (Phi) is 8.36. The number of anilines is 1. The van der Waals surface area contributed by atoms with Gasteiger partial charge in [-0.15, -0.1) is 0 Å². The molecule has 118 valence electrons. The Balaban J connectivity index is 0.00000191. The summed E-state index contributed by atoms with van der Waals surface area (Å²) >= 11 is 0. The number of amides is 1. The highest BCUT2D eigenvalue weighted by molar-refractivity contribution is 6.37. The second-order valence-corrected chi connectivity index (χ2v) is 3.35. The Hall–Kier alpha value is -2.44. The maximum atomic E-state index is 11.5. The zero-order valence-corrected chi connectivity index (χ0v) is 13.1. The summed E-state index contributed by atoms with van der Waals surface area (Å²) < 4.78 is 19.6. The Morgan fingerprint density at radius 2 is 1.38 bits per heavy atom. The van der Waals surface area contributed by atoms with Gasteiger partial charge in [0.15, 0.2) is 0 Å². The molecule has 0 radical (unpaired) electrons. The van der Waals surface area contributed by atoms with Crippen LogP contribution in [-0.2, 0) is 14.3 Å². The molecule has 0 fully saturated rings. The van der Waals surface area contributed by atoms with Crippen LogP contribution in [0.4, 0.5) is 5.69 Å². The highest BCUT2D eigenvalue weighted by Gasteiger charge is 2.20. The van der Waals surface area contributed by atoms with Crippen LogP contribution in [0.2, 0.25) is 0 Å². The molecule has 0 bridgehead atoms. The highest BCUT2D eigenvalue weighted by atomic mass is 16.5. The predicted octanol–water partition coefficient (Wildman–Crippen LogP) is 1.85. The summed E-state index contributed by atoms with van der Waals surface area (Å²) in [5.41, 5.74) is 0.223. The van der Waals surface area contributed by atoms with E-state index in [9.17, 15) is 9.59 Å². The van der Waals surface area contributed by atoms with E-state index in [1.165, 1.54) is 21.3 Å². The summed E-state index contributed by atoms with van der Waals surface area (Å²) in [6.07, 6.45) is 0. The van der Waals surface area contributed by atoms with Gasteiger partial charge in [0, 0.05) is 12.1 Å². The van der Waals surface area contributed by atoms with E-state index in [0.29, 0.717) is 17.2 Å². The van der Waals surface area contributed by atoms with E-state index in [2.05, 4.69) is 10.1 Å². The van der Waals surface area contributed by atoms with Gasteiger partial charge in [0.05, 0.1) is 28.4 Å². The number of nitrogens with one attached hydrogen (secondary N) is 1. The number of ether oxygens (including phenoxy) is 4. The normalized spacial score (nSPS) is 8.86. The molecule has 0 atom stereocenters. The standard InChI is InChI=1S/C12H15NO6.C2H6/c1-16-7-5-8(17-2)10(9(6-7)18-3)13-11(14)12(15)19-4;1-2/h5-6H,1-4H3,(H,13,14);1-2H3. The van der Waals surface area contributed by atoms with E-state index >= 15 is 0 Å². The Morgan fingerprint density at radius 3 is 1.71 bits per heavy atom. The third-order valence-corrected chi connectivity index (χ3v) is 2.32. The molecular formula is C14H21NO6. The second-order valence-electron chi connectivity index (χ2n) is 3.35. The zero-order valence-electron chi connectivity index (χ0n) is 13.1. The third-order valence-electron chi connectivity index (χ3n) is 2.32. The fourth-order valence-electron chi connectivity index (χ4n) is 1.39. The average molecular weight is 299 g/mol. The molecule has 0 aliphatic carbocycles. The first kappa shape index (κ1) is 18.6. The lowest BCUT2D eigenvalue weighted by Gasteiger charge is -2.15. The van der Waals surface area contributed by atoms with Crippen molar-refractivity contribution in [2.24, 2.45) is 0 Å². The van der Waals surface area contributed by atoms with Gasteiger partial charge >= 0.3 is 11.9 Å². The molecular weight excluding hydrogens is 278 g/mol. The molecule has 0 spiro atoms. The lowest BCUT2D eigenvalue weighted by atomic mass is 10.2. The zero-order chi connectivity index (χ0) is 16.4. The predicted molar refractivity (Wildman–Crippen MR) is 78.1 cm³/mol. The fourth-order valence-corrected chi connectivity index (χ4v) is 1.39. The fraction of sp³-hybridized carbons (Fsp3) is 0.429. The van der Waals surface area contributed by atoms with Crippen molar-refractivity contribution in [2.75, 3.05) is 33.8 Å². The monoisotopic (exact) mass is 299 g/mol. The summed E-state index contributed by atoms with van der Waals surface area (Å²) in [6.45, 7) is 4.00. The average Bonchev–Trinajstić information content (AvgIpc) is 2.55. The van der Waals surface area contributed by atoms with Crippen molar-refractivity contribution in [2.45, 2.75) is 13.8 Å². The van der Waals surface area contributed by atoms with Crippen LogP contribution in [0, 0.1) is 0 Å². The number of esters is 1. The quantitative estimate of drug-likeness (QED) is 0.675. The molecule has 0 aliphatic rings. The number of benzene rings is 1. The molecule has 7 heteroatoms. The Morgan fingerprint density at radius 1 is 0.905 bits per heavy atom. The minimum Gasteiger partial charge on any atom is -0.496 e. The summed E-state index contributed by atoms with van der Waals surface area (Å²) in [5.74, 6) is -0.851. The smallest absolute Gasteiger partial charge is 0.396 e. The molecule has 0 heterocycles. The van der Waals surface area contributed by atoms with Crippen molar-refractivity contribution in [3.05, 3.63) is 12.1 Å². The van der Waals surface area contributed by atoms with E-state index < -0.39 is 11.9 Å². The summed E-state index contributed by atoms with van der Waals surface area (Å²) in [5, 5.41) is 2.36. The van der Waals surface area contributed by atoms with Crippen LogP contribution >= 0.6 is 0 Å². The van der Waals surface area contributed by atoms with Crippen molar-refractivity contribution >= 4 is 17.6 Å². The molecule has 1 amide bonds. The molecule has 0 aliphatic heterocycles. The van der Waals surface area contributed by atoms with Gasteiger partial charge in [-0.3, -0.25) is 4.79 Å². The molecule has 0 saturated carbocycles. The molecule has 1 N–H and O–H groups in total. The Bertz CT molecular complexity index is 461. The highest BCUT2D eigenvalue weighted by Crippen LogP contribution is 2.38. The topological polar surface area (TPSA) is 83.1 Å². The number of carbonyl (C=O) groups is 2. The van der Waals surface area contributed by atoms with Gasteiger partial charge in [-0.2, -0.15) is 0 Å². The maximum Gasteiger partial charge on any atom is 0.396 e. The summed E-state index contributed by atoms with van der Waals surface area (Å²) in [6, 6.07) is 3.10. The number of hydrogen-bond donors (Lipinski definition) is 1. The van der Waals surface area contributed by atoms with Crippen molar-refractivity contribution in [3.8, 4) is 17.2 Å². The van der Waals surface area contributed by atoms with E-state index in [-0.39, 0.29) is 5.69 Å². The van der Waals surface area contributed by atoms with Gasteiger partial charge in [-0.05, 0) is 0 Å². The van der Waals surface area contributed by atoms with Crippen LogP contribution in [0.25, 0.3) is 0 Å². The first-order valence-corrected chi connectivity index (χ1v) is 6.26. The van der Waals surface area contributed by atoms with Crippen molar-refractivity contribution in [3.63, 3.8) is 0 Å². The second kappa shape index (κ2) is 9.46. The van der Waals surface area contributed by atoms with Crippen LogP contribution in [0.3, 0.4) is 0 Å². The molecule has 21 heavy (non-hydrogen) atoms. The largest absolute Gasteiger partial charge is 0.496 e. The van der Waals surface area contributed by atoms with Crippen molar-refractivity contribution in [1.82, 2.24) is 0 Å². The van der Waals surface area contributed by atoms with Gasteiger partial charge in [0.1, 0.15) is 22.9 Å². The lowest BCUT2D eigenvalue weighted by molar-refractivity contribution is -0.150. The molecule has 0 unspecified atom stereocenters. The van der Waals surface area contributed by atoms with Crippen LogP contribution in [0.1, 0.15) is 13.8 Å². The van der Waals surface area contributed by atoms with E-state index in [0.717, 1.165) is 7.11 Å². The van der Waals surface area contributed by atoms with Crippen LogP contribution in [0.5, 0.6) is 17.2 Å². The van der Waals surface area contributed by atoms with Gasteiger partial charge in [-0.25, -0.2) is 4.79 Å². The van der Waals surface area contributed by atoms with E-state index in [4.69, 9.17) is 14.2 Å². The minimum absolute atomic E-state index is 0.223. The van der Waals surface area contributed by atoms with Gasteiger partial charge in [0.25, 0.3) is 0 Å². The molecule has 1 aromatic carbocycles. The van der Waals surface area contributed by atoms with Gasteiger partial charge < -0.3 is 24.3 Å². The van der Waals surface area contributed by atoms with Crippen molar-refractivity contribution in [1.29, 1.82) is 0 Å². The number of carbonyl (C=O) groups excluding carboxylic acids is 2. The van der Waals surface area contributed by atoms with Crippen LogP contribution in [0.15, 0.2) is 12.1 Å². The van der Waals surface area contributed by atoms with E-state index in [1.807, 2.05) is 13.8 Å². The van der Waals surface area contributed by atoms with Crippen LogP contribution < -0.4 is 19.5 Å². The number of hydrogen-bond acceptors (Lipinski definition) is 6. The van der Waals surface area contributed by atoms with Gasteiger partial charge in [0.2, 0.25) is 0 Å². The minimum atomic E-state index is -1.01. The SMILES string of the molecule is CC.COC(=O)C(=O)Nc1c(OC)cc(OC)cc1OC. The van der Waals surface area contributed by atoms with Crippen LogP contribution in [-0.4, -0.2) is 40.3 Å². The molecule has 7 nitrogen and oxygen atoms in total. The molecule has 0 saturated heterocycles. The summed E-state index contributed by atoms with van der Waals surface area (Å²) in [4.78, 5) is 22.6. The maximum absolute atomic E-state index is 11.5. The third kappa shape index (κ3) is 4.87. The Labute approximate surface area is 124 Å². The van der Waals surface area contributed by atoms with Crippen molar-refractivity contribution < 1.29 is 28.5 Å². The molecule has 0 aromatic heterocycles. The molecule has 1 rings (SSSR count). The van der Waals surface area contributed by atoms with Gasteiger partial charge in [-0.1, -0.05) is 13.8 Å². The number of methoxy groups -OCH3 is 4. The first-order valence-electron chi connectivity index (χ1n) is 6.26.